The zero-order valence-corrected chi connectivity index (χ0v) is 15.8. The minimum absolute atomic E-state index is 0. The maximum Gasteiger partial charge on any atom is 0.416 e. The highest BCUT2D eigenvalue weighted by Gasteiger charge is 2.38. The number of rotatable bonds is 5. The number of hydrogen-bond acceptors (Lipinski definition) is 3. The lowest BCUT2D eigenvalue weighted by Gasteiger charge is -2.38. The Morgan fingerprint density at radius 2 is 1.92 bits per heavy atom. The molecule has 1 amide bonds. The van der Waals surface area contributed by atoms with E-state index in [1.54, 1.807) is 19.9 Å². The second-order valence-corrected chi connectivity index (χ2v) is 6.84. The molecular weight excluding hydrogens is 369 g/mol. The molecule has 1 aliphatic heterocycles. The molecule has 2 unspecified atom stereocenters. The zero-order valence-electron chi connectivity index (χ0n) is 14.9. The highest BCUT2D eigenvalue weighted by Crippen LogP contribution is 2.37. The van der Waals surface area contributed by atoms with Crippen molar-refractivity contribution >= 4 is 18.3 Å². The molecule has 0 spiro atoms. The van der Waals surface area contributed by atoms with Gasteiger partial charge in [0.15, 0.2) is 0 Å². The topological polar surface area (TPSA) is 64.4 Å². The second-order valence-electron chi connectivity index (χ2n) is 6.84. The first-order valence-corrected chi connectivity index (χ1v) is 8.44. The summed E-state index contributed by atoms with van der Waals surface area (Å²) in [6, 6.07) is 5.07. The summed E-state index contributed by atoms with van der Waals surface area (Å²) in [6.45, 7) is 4.67. The Labute approximate surface area is 158 Å². The SMILES string of the molecule is CC(N)C(C)C(=O)NCC1(c2cccc(C(F)(F)F)c2)CCOCC1.Cl. The third-order valence-corrected chi connectivity index (χ3v) is 5.06. The van der Waals surface area contributed by atoms with Gasteiger partial charge >= 0.3 is 6.18 Å². The molecule has 1 aromatic carbocycles. The maximum atomic E-state index is 13.1. The molecule has 1 saturated heterocycles. The first-order chi connectivity index (χ1) is 11.7. The van der Waals surface area contributed by atoms with E-state index in [-0.39, 0.29) is 36.8 Å². The van der Waals surface area contributed by atoms with Crippen molar-refractivity contribution in [3.8, 4) is 0 Å². The number of nitrogens with two attached hydrogens (primary N) is 1. The van der Waals surface area contributed by atoms with Gasteiger partial charge in [0.25, 0.3) is 0 Å². The molecule has 3 N–H and O–H groups in total. The summed E-state index contributed by atoms with van der Waals surface area (Å²) >= 11 is 0. The summed E-state index contributed by atoms with van der Waals surface area (Å²) in [4.78, 5) is 12.2. The Kier molecular flexibility index (Phi) is 7.92. The fourth-order valence-electron chi connectivity index (χ4n) is 3.01. The molecule has 0 radical (unpaired) electrons. The van der Waals surface area contributed by atoms with Crippen molar-refractivity contribution in [1.29, 1.82) is 0 Å². The van der Waals surface area contributed by atoms with Crippen LogP contribution in [0.4, 0.5) is 13.2 Å². The van der Waals surface area contributed by atoms with Crippen LogP contribution in [0.5, 0.6) is 0 Å². The predicted octanol–water partition coefficient (Wildman–Crippen LogP) is 3.27. The normalized spacial score (nSPS) is 19.2. The van der Waals surface area contributed by atoms with E-state index in [1.807, 2.05) is 0 Å². The lowest BCUT2D eigenvalue weighted by atomic mass is 9.73. The van der Waals surface area contributed by atoms with Crippen molar-refractivity contribution in [2.24, 2.45) is 11.7 Å². The Bertz CT molecular complexity index is 602. The van der Waals surface area contributed by atoms with Gasteiger partial charge in [-0.1, -0.05) is 25.1 Å². The average molecular weight is 395 g/mol. The monoisotopic (exact) mass is 394 g/mol. The first kappa shape index (κ1) is 22.7. The van der Waals surface area contributed by atoms with Gasteiger partial charge in [0, 0.05) is 37.1 Å². The number of amides is 1. The molecule has 4 nitrogen and oxygen atoms in total. The predicted molar refractivity (Wildman–Crippen MR) is 96.2 cm³/mol. The standard InChI is InChI=1S/C18H25F3N2O2.ClH/c1-12(13(2)22)16(24)23-11-17(6-8-25-9-7-17)14-4-3-5-15(10-14)18(19,20)21;/h3-5,10,12-13H,6-9,11,22H2,1-2H3,(H,23,24);1H. The van der Waals surface area contributed by atoms with Crippen LogP contribution in [0.3, 0.4) is 0 Å². The third-order valence-electron chi connectivity index (χ3n) is 5.06. The molecule has 26 heavy (non-hydrogen) atoms. The maximum absolute atomic E-state index is 13.1. The lowest BCUT2D eigenvalue weighted by Crippen LogP contribution is -2.47. The molecule has 1 heterocycles. The van der Waals surface area contributed by atoms with E-state index in [2.05, 4.69) is 5.32 Å². The van der Waals surface area contributed by atoms with E-state index in [4.69, 9.17) is 10.5 Å². The van der Waals surface area contributed by atoms with E-state index in [1.165, 1.54) is 12.1 Å². The number of carbonyl (C=O) groups excluding carboxylic acids is 1. The van der Waals surface area contributed by atoms with Crippen molar-refractivity contribution in [3.05, 3.63) is 35.4 Å². The number of benzene rings is 1. The second kappa shape index (κ2) is 9.06. The van der Waals surface area contributed by atoms with Crippen LogP contribution in [-0.4, -0.2) is 31.7 Å². The molecule has 1 aromatic rings. The smallest absolute Gasteiger partial charge is 0.381 e. The van der Waals surface area contributed by atoms with Gasteiger partial charge in [-0.2, -0.15) is 13.2 Å². The molecule has 2 atom stereocenters. The van der Waals surface area contributed by atoms with Crippen LogP contribution < -0.4 is 11.1 Å². The van der Waals surface area contributed by atoms with Gasteiger partial charge in [-0.05, 0) is 31.4 Å². The molecular formula is C18H26ClF3N2O2. The van der Waals surface area contributed by atoms with Crippen molar-refractivity contribution in [2.75, 3.05) is 19.8 Å². The fourth-order valence-corrected chi connectivity index (χ4v) is 3.01. The van der Waals surface area contributed by atoms with E-state index < -0.39 is 17.2 Å². The number of hydrogen-bond donors (Lipinski definition) is 2. The molecule has 148 valence electrons. The van der Waals surface area contributed by atoms with Crippen LogP contribution in [-0.2, 0) is 21.1 Å². The summed E-state index contributed by atoms with van der Waals surface area (Å²) in [5.74, 6) is -0.550. The van der Waals surface area contributed by atoms with Gasteiger partial charge in [0.05, 0.1) is 5.56 Å². The first-order valence-electron chi connectivity index (χ1n) is 8.44. The Morgan fingerprint density at radius 1 is 1.31 bits per heavy atom. The zero-order chi connectivity index (χ0) is 18.7. The molecule has 1 aliphatic rings. The van der Waals surface area contributed by atoms with Crippen LogP contribution in [0.1, 0.15) is 37.8 Å². The van der Waals surface area contributed by atoms with E-state index in [0.29, 0.717) is 31.6 Å². The van der Waals surface area contributed by atoms with Crippen LogP contribution in [0.15, 0.2) is 24.3 Å². The number of nitrogens with one attached hydrogen (secondary N) is 1. The van der Waals surface area contributed by atoms with Crippen LogP contribution in [0.2, 0.25) is 0 Å². The van der Waals surface area contributed by atoms with Crippen molar-refractivity contribution in [1.82, 2.24) is 5.32 Å². The fraction of sp³-hybridized carbons (Fsp3) is 0.611. The van der Waals surface area contributed by atoms with Crippen LogP contribution in [0.25, 0.3) is 0 Å². The highest BCUT2D eigenvalue weighted by molar-refractivity contribution is 5.85. The Morgan fingerprint density at radius 3 is 2.46 bits per heavy atom. The quantitative estimate of drug-likeness (QED) is 0.805. The number of ether oxygens (including phenoxy) is 1. The van der Waals surface area contributed by atoms with E-state index in [9.17, 15) is 18.0 Å². The molecule has 0 aliphatic carbocycles. The summed E-state index contributed by atoms with van der Waals surface area (Å²) in [5, 5.41) is 2.88. The summed E-state index contributed by atoms with van der Waals surface area (Å²) in [5.41, 5.74) is 5.10. The van der Waals surface area contributed by atoms with Crippen LogP contribution >= 0.6 is 12.4 Å². The number of carbonyl (C=O) groups is 1. The van der Waals surface area contributed by atoms with Gasteiger partial charge in [0.2, 0.25) is 5.91 Å². The van der Waals surface area contributed by atoms with Crippen molar-refractivity contribution in [3.63, 3.8) is 0 Å². The molecule has 8 heteroatoms. The molecule has 2 rings (SSSR count). The van der Waals surface area contributed by atoms with Gasteiger partial charge in [-0.25, -0.2) is 0 Å². The molecule has 1 fully saturated rings. The highest BCUT2D eigenvalue weighted by atomic mass is 35.5. The van der Waals surface area contributed by atoms with E-state index >= 15 is 0 Å². The third kappa shape index (κ3) is 5.34. The van der Waals surface area contributed by atoms with Gasteiger partial charge in [0.1, 0.15) is 0 Å². The van der Waals surface area contributed by atoms with Gasteiger partial charge < -0.3 is 15.8 Å². The molecule has 0 saturated carbocycles. The van der Waals surface area contributed by atoms with Gasteiger partial charge in [-0.15, -0.1) is 12.4 Å². The lowest BCUT2D eigenvalue weighted by molar-refractivity contribution is -0.137. The minimum atomic E-state index is -4.39. The number of alkyl halides is 3. The number of halogens is 4. The van der Waals surface area contributed by atoms with Crippen molar-refractivity contribution < 1.29 is 22.7 Å². The summed E-state index contributed by atoms with van der Waals surface area (Å²) in [6.07, 6.45) is -3.28. The summed E-state index contributed by atoms with van der Waals surface area (Å²) in [7, 11) is 0. The minimum Gasteiger partial charge on any atom is -0.381 e. The van der Waals surface area contributed by atoms with Gasteiger partial charge in [-0.3, -0.25) is 4.79 Å². The molecule has 0 aromatic heterocycles. The average Bonchev–Trinajstić information content (AvgIpc) is 2.59. The van der Waals surface area contributed by atoms with Crippen molar-refractivity contribution in [2.45, 2.75) is 44.3 Å². The van der Waals surface area contributed by atoms with Crippen LogP contribution in [0, 0.1) is 5.92 Å². The Hall–Kier alpha value is -1.31. The summed E-state index contributed by atoms with van der Waals surface area (Å²) < 4.78 is 44.6. The largest absolute Gasteiger partial charge is 0.416 e. The Balaban J connectivity index is 0.00000338. The molecule has 0 bridgehead atoms. The van der Waals surface area contributed by atoms with E-state index in [0.717, 1.165) is 6.07 Å².